The fourth-order valence-corrected chi connectivity index (χ4v) is 3.90. The molecule has 110 valence electrons. The topological polar surface area (TPSA) is 66.5 Å². The Bertz CT molecular complexity index is 486. The Labute approximate surface area is 123 Å². The first-order chi connectivity index (χ1) is 8.56. The zero-order valence-electron chi connectivity index (χ0n) is 10.9. The van der Waals surface area contributed by atoms with Gasteiger partial charge < -0.3 is 5.32 Å². The van der Waals surface area contributed by atoms with Gasteiger partial charge in [-0.2, -0.15) is 0 Å². The second-order valence-electron chi connectivity index (χ2n) is 5.62. The first-order valence-corrected chi connectivity index (χ1v) is 8.81. The number of halogens is 2. The van der Waals surface area contributed by atoms with E-state index >= 15 is 0 Å². The highest BCUT2D eigenvalue weighted by molar-refractivity contribution is 7.88. The number of carbonyl (C=O) groups excluding carboxylic acids is 1. The molecule has 8 heteroatoms. The normalized spacial score (nSPS) is 32.0. The molecule has 0 unspecified atom stereocenters. The Kier molecular flexibility index (Phi) is 3.84. The van der Waals surface area contributed by atoms with Crippen LogP contribution in [-0.4, -0.2) is 48.4 Å². The number of sulfonamides is 1. The number of hydrogen-bond donors (Lipinski definition) is 1. The second-order valence-corrected chi connectivity index (χ2v) is 9.09. The summed E-state index contributed by atoms with van der Waals surface area (Å²) >= 11 is 11.9. The molecule has 0 aromatic heterocycles. The summed E-state index contributed by atoms with van der Waals surface area (Å²) in [5.41, 5.74) is -0.718. The number of nitrogens with one attached hydrogen (secondary N) is 1. The van der Waals surface area contributed by atoms with E-state index in [1.165, 1.54) is 10.6 Å². The number of rotatable bonds is 3. The van der Waals surface area contributed by atoms with E-state index in [1.807, 2.05) is 0 Å². The maximum atomic E-state index is 12.1. The number of nitrogens with zero attached hydrogens (tertiary/aromatic N) is 1. The molecule has 5 nitrogen and oxygen atoms in total. The highest BCUT2D eigenvalue weighted by Gasteiger charge is 2.68. The Morgan fingerprint density at radius 3 is 2.16 bits per heavy atom. The Balaban J connectivity index is 1.86. The van der Waals surface area contributed by atoms with Crippen molar-refractivity contribution in [3.05, 3.63) is 0 Å². The summed E-state index contributed by atoms with van der Waals surface area (Å²) in [7, 11) is -3.13. The average Bonchev–Trinajstić information content (AvgIpc) is 2.79. The number of alkyl halides is 2. The SMILES string of the molecule is C[C@@]1(C(=O)NC2CCN(S(C)(=O)=O)CC2)CC1(Cl)Cl. The van der Waals surface area contributed by atoms with Crippen molar-refractivity contribution in [2.24, 2.45) is 5.41 Å². The molecule has 1 N–H and O–H groups in total. The van der Waals surface area contributed by atoms with Crippen molar-refractivity contribution in [2.45, 2.75) is 36.6 Å². The van der Waals surface area contributed by atoms with Gasteiger partial charge in [0.25, 0.3) is 0 Å². The zero-order valence-corrected chi connectivity index (χ0v) is 13.3. The van der Waals surface area contributed by atoms with Gasteiger partial charge in [-0.3, -0.25) is 4.79 Å². The lowest BCUT2D eigenvalue weighted by Gasteiger charge is -2.31. The summed E-state index contributed by atoms with van der Waals surface area (Å²) < 4.78 is 23.2. The molecule has 2 aliphatic rings. The predicted molar refractivity (Wildman–Crippen MR) is 74.7 cm³/mol. The van der Waals surface area contributed by atoms with Gasteiger partial charge in [0, 0.05) is 19.1 Å². The first kappa shape index (κ1) is 15.4. The molecular weight excluding hydrogens is 311 g/mol. The van der Waals surface area contributed by atoms with E-state index in [4.69, 9.17) is 23.2 Å². The summed E-state index contributed by atoms with van der Waals surface area (Å²) in [5, 5.41) is 2.92. The molecule has 1 amide bonds. The Hall–Kier alpha value is -0.0400. The molecule has 0 spiro atoms. The first-order valence-electron chi connectivity index (χ1n) is 6.20. The van der Waals surface area contributed by atoms with Gasteiger partial charge in [-0.1, -0.05) is 0 Å². The van der Waals surface area contributed by atoms with Gasteiger partial charge in [0.15, 0.2) is 0 Å². The molecule has 1 saturated carbocycles. The van der Waals surface area contributed by atoms with Crippen molar-refractivity contribution in [3.8, 4) is 0 Å². The van der Waals surface area contributed by atoms with Gasteiger partial charge in [-0.15, -0.1) is 23.2 Å². The highest BCUT2D eigenvalue weighted by Crippen LogP contribution is 2.63. The quantitative estimate of drug-likeness (QED) is 0.789. The van der Waals surface area contributed by atoms with Crippen LogP contribution in [0.4, 0.5) is 0 Å². The summed E-state index contributed by atoms with van der Waals surface area (Å²) in [4.78, 5) is 12.1. The molecule has 0 aromatic carbocycles. The smallest absolute Gasteiger partial charge is 0.229 e. The van der Waals surface area contributed by atoms with Crippen molar-refractivity contribution < 1.29 is 13.2 Å². The van der Waals surface area contributed by atoms with Gasteiger partial charge in [0.1, 0.15) is 4.33 Å². The molecule has 1 saturated heterocycles. The Morgan fingerprint density at radius 2 is 1.79 bits per heavy atom. The van der Waals surface area contributed by atoms with E-state index in [9.17, 15) is 13.2 Å². The molecule has 1 heterocycles. The highest BCUT2D eigenvalue weighted by atomic mass is 35.5. The minimum atomic E-state index is -3.13. The van der Waals surface area contributed by atoms with Crippen LogP contribution in [0.15, 0.2) is 0 Å². The number of piperidine rings is 1. The standard InChI is InChI=1S/C11H18Cl2N2O3S/c1-10(7-11(10,12)13)9(16)14-8-3-5-15(6-4-8)19(2,17)18/h8H,3-7H2,1-2H3,(H,14,16)/t10-/m0/s1. The van der Waals surface area contributed by atoms with Crippen LogP contribution in [0.25, 0.3) is 0 Å². The molecule has 19 heavy (non-hydrogen) atoms. The molecule has 1 aliphatic heterocycles. The van der Waals surface area contributed by atoms with Crippen LogP contribution in [0.2, 0.25) is 0 Å². The second kappa shape index (κ2) is 4.76. The summed E-state index contributed by atoms with van der Waals surface area (Å²) in [6.45, 7) is 2.62. The number of hydrogen-bond acceptors (Lipinski definition) is 3. The van der Waals surface area contributed by atoms with E-state index in [2.05, 4.69) is 5.32 Å². The predicted octanol–water partition coefficient (Wildman–Crippen LogP) is 1.11. The zero-order chi connectivity index (χ0) is 14.5. The minimum absolute atomic E-state index is 0.00735. The molecule has 0 aromatic rings. The van der Waals surface area contributed by atoms with E-state index in [-0.39, 0.29) is 11.9 Å². The average molecular weight is 329 g/mol. The van der Waals surface area contributed by atoms with Crippen molar-refractivity contribution >= 4 is 39.1 Å². The third kappa shape index (κ3) is 3.01. The van der Waals surface area contributed by atoms with Crippen molar-refractivity contribution in [1.82, 2.24) is 9.62 Å². The minimum Gasteiger partial charge on any atom is -0.353 e. The summed E-state index contributed by atoms with van der Waals surface area (Å²) in [6.07, 6.45) is 2.89. The largest absolute Gasteiger partial charge is 0.353 e. The number of carbonyl (C=O) groups is 1. The van der Waals surface area contributed by atoms with Crippen molar-refractivity contribution in [1.29, 1.82) is 0 Å². The lowest BCUT2D eigenvalue weighted by molar-refractivity contribution is -0.126. The van der Waals surface area contributed by atoms with Crippen molar-refractivity contribution in [2.75, 3.05) is 19.3 Å². The van der Waals surface area contributed by atoms with E-state index in [0.717, 1.165) is 0 Å². The van der Waals surface area contributed by atoms with Crippen LogP contribution in [0, 0.1) is 5.41 Å². The monoisotopic (exact) mass is 328 g/mol. The van der Waals surface area contributed by atoms with E-state index in [1.54, 1.807) is 6.92 Å². The van der Waals surface area contributed by atoms with Gasteiger partial charge in [0.2, 0.25) is 15.9 Å². The fraction of sp³-hybridized carbons (Fsp3) is 0.909. The van der Waals surface area contributed by atoms with Crippen LogP contribution in [0.5, 0.6) is 0 Å². The maximum absolute atomic E-state index is 12.1. The molecule has 1 aliphatic carbocycles. The third-order valence-corrected chi connectivity index (χ3v) is 6.42. The summed E-state index contributed by atoms with van der Waals surface area (Å²) in [6, 6.07) is -0.00735. The lowest BCUT2D eigenvalue weighted by atomic mass is 10.0. The van der Waals surface area contributed by atoms with Gasteiger partial charge in [-0.05, 0) is 26.2 Å². The van der Waals surface area contributed by atoms with Gasteiger partial charge in [-0.25, -0.2) is 12.7 Å². The van der Waals surface area contributed by atoms with Crippen LogP contribution in [0.3, 0.4) is 0 Å². The van der Waals surface area contributed by atoms with Crippen LogP contribution >= 0.6 is 23.2 Å². The van der Waals surface area contributed by atoms with Crippen LogP contribution in [-0.2, 0) is 14.8 Å². The molecule has 0 radical (unpaired) electrons. The van der Waals surface area contributed by atoms with E-state index < -0.39 is 19.8 Å². The van der Waals surface area contributed by atoms with E-state index in [0.29, 0.717) is 32.4 Å². The Morgan fingerprint density at radius 1 is 1.32 bits per heavy atom. The third-order valence-electron chi connectivity index (χ3n) is 4.02. The molecular formula is C11H18Cl2N2O3S. The van der Waals surface area contributed by atoms with Crippen LogP contribution in [0.1, 0.15) is 26.2 Å². The molecule has 1 atom stereocenters. The molecule has 0 bridgehead atoms. The van der Waals surface area contributed by atoms with Crippen LogP contribution < -0.4 is 5.32 Å². The molecule has 2 rings (SSSR count). The number of amides is 1. The van der Waals surface area contributed by atoms with Gasteiger partial charge >= 0.3 is 0 Å². The van der Waals surface area contributed by atoms with Crippen molar-refractivity contribution in [3.63, 3.8) is 0 Å². The lowest BCUT2D eigenvalue weighted by Crippen LogP contribution is -2.48. The van der Waals surface area contributed by atoms with Gasteiger partial charge in [0.05, 0.1) is 11.7 Å². The summed E-state index contributed by atoms with van der Waals surface area (Å²) in [5.74, 6) is -0.143. The fourth-order valence-electron chi connectivity index (χ4n) is 2.32. The maximum Gasteiger partial charge on any atom is 0.229 e. The molecule has 2 fully saturated rings.